The van der Waals surface area contributed by atoms with Gasteiger partial charge in [-0.2, -0.15) is 0 Å². The molecule has 0 radical (unpaired) electrons. The van der Waals surface area contributed by atoms with Crippen LogP contribution in [0.4, 0.5) is 15.9 Å². The topological polar surface area (TPSA) is 93.8 Å². The van der Waals surface area contributed by atoms with E-state index in [1.54, 1.807) is 0 Å². The Morgan fingerprint density at radius 3 is 2.76 bits per heavy atom. The monoisotopic (exact) mass is 233 g/mol. The van der Waals surface area contributed by atoms with Gasteiger partial charge in [0.1, 0.15) is 6.33 Å². The number of pyridine rings is 1. The highest BCUT2D eigenvalue weighted by Crippen LogP contribution is 2.13. The first kappa shape index (κ1) is 10.9. The molecular formula is C10H8FN5O. The van der Waals surface area contributed by atoms with Crippen LogP contribution in [0.2, 0.25) is 0 Å². The van der Waals surface area contributed by atoms with E-state index in [2.05, 4.69) is 20.3 Å². The van der Waals surface area contributed by atoms with Gasteiger partial charge in [0.2, 0.25) is 0 Å². The van der Waals surface area contributed by atoms with Gasteiger partial charge in [-0.25, -0.2) is 19.3 Å². The molecule has 0 aliphatic carbocycles. The van der Waals surface area contributed by atoms with E-state index in [-0.39, 0.29) is 11.4 Å². The molecule has 0 bridgehead atoms. The second kappa shape index (κ2) is 4.52. The lowest BCUT2D eigenvalue weighted by Gasteiger charge is -2.05. The number of nitrogens with zero attached hydrogens (tertiary/aromatic N) is 3. The normalized spacial score (nSPS) is 9.94. The van der Waals surface area contributed by atoms with Crippen LogP contribution in [0.25, 0.3) is 0 Å². The molecule has 0 saturated carbocycles. The van der Waals surface area contributed by atoms with Crippen LogP contribution in [0, 0.1) is 5.82 Å². The fourth-order valence-electron chi connectivity index (χ4n) is 1.20. The van der Waals surface area contributed by atoms with Crippen molar-refractivity contribution in [1.29, 1.82) is 0 Å². The quantitative estimate of drug-likeness (QED) is 0.801. The van der Waals surface area contributed by atoms with Crippen molar-refractivity contribution in [2.45, 2.75) is 0 Å². The van der Waals surface area contributed by atoms with E-state index in [0.717, 1.165) is 0 Å². The number of halogens is 1. The maximum Gasteiger partial charge on any atom is 0.258 e. The van der Waals surface area contributed by atoms with Crippen molar-refractivity contribution in [1.82, 2.24) is 15.0 Å². The molecule has 2 aromatic rings. The Hall–Kier alpha value is -2.57. The summed E-state index contributed by atoms with van der Waals surface area (Å²) in [5.41, 5.74) is 5.45. The molecule has 17 heavy (non-hydrogen) atoms. The molecule has 6 nitrogen and oxygen atoms in total. The van der Waals surface area contributed by atoms with Crippen molar-refractivity contribution in [2.75, 3.05) is 11.1 Å². The summed E-state index contributed by atoms with van der Waals surface area (Å²) in [6.07, 6.45) is 5.37. The molecule has 2 rings (SSSR count). The van der Waals surface area contributed by atoms with Gasteiger partial charge in [-0.1, -0.05) is 0 Å². The minimum atomic E-state index is -0.846. The molecule has 0 aliphatic rings. The summed E-state index contributed by atoms with van der Waals surface area (Å²) >= 11 is 0. The fraction of sp³-hybridized carbons (Fsp3) is 0. The highest BCUT2D eigenvalue weighted by atomic mass is 19.1. The molecule has 2 heterocycles. The standard InChI is InChI=1S/C10H8FN5O/c11-8-7(1-2-15-9(8)12)10(17)16-6-3-13-5-14-4-6/h1-5H,(H2,12,15)(H,16,17). The van der Waals surface area contributed by atoms with Crippen LogP contribution in [0.5, 0.6) is 0 Å². The minimum absolute atomic E-state index is 0.179. The maximum absolute atomic E-state index is 13.5. The van der Waals surface area contributed by atoms with E-state index in [9.17, 15) is 9.18 Å². The Morgan fingerprint density at radius 2 is 2.06 bits per heavy atom. The van der Waals surface area contributed by atoms with Gasteiger partial charge in [0, 0.05) is 6.20 Å². The Labute approximate surface area is 95.7 Å². The van der Waals surface area contributed by atoms with Gasteiger partial charge >= 0.3 is 0 Å². The number of nitrogen functional groups attached to an aromatic ring is 1. The number of anilines is 2. The van der Waals surface area contributed by atoms with E-state index < -0.39 is 11.7 Å². The number of carbonyl (C=O) groups excluding carboxylic acids is 1. The van der Waals surface area contributed by atoms with Crippen LogP contribution < -0.4 is 11.1 Å². The Balaban J connectivity index is 2.24. The number of amides is 1. The van der Waals surface area contributed by atoms with Crippen LogP contribution in [0.3, 0.4) is 0 Å². The number of nitrogens with two attached hydrogens (primary N) is 1. The summed E-state index contributed by atoms with van der Waals surface area (Å²) in [7, 11) is 0. The summed E-state index contributed by atoms with van der Waals surface area (Å²) in [5, 5.41) is 2.44. The molecule has 0 unspecified atom stereocenters. The molecule has 0 spiro atoms. The van der Waals surface area contributed by atoms with E-state index >= 15 is 0 Å². The summed E-state index contributed by atoms with van der Waals surface area (Å²) in [6, 6.07) is 1.24. The molecule has 3 N–H and O–H groups in total. The Bertz CT molecular complexity index is 546. The van der Waals surface area contributed by atoms with Crippen LogP contribution >= 0.6 is 0 Å². The fourth-order valence-corrected chi connectivity index (χ4v) is 1.20. The van der Waals surface area contributed by atoms with Crippen molar-refractivity contribution < 1.29 is 9.18 Å². The highest BCUT2D eigenvalue weighted by molar-refractivity contribution is 6.04. The van der Waals surface area contributed by atoms with Crippen LogP contribution in [0.15, 0.2) is 31.0 Å². The third kappa shape index (κ3) is 2.33. The molecule has 86 valence electrons. The first-order valence-electron chi connectivity index (χ1n) is 4.65. The third-order valence-corrected chi connectivity index (χ3v) is 1.98. The first-order chi connectivity index (χ1) is 8.18. The van der Waals surface area contributed by atoms with E-state index in [0.29, 0.717) is 5.69 Å². The zero-order valence-corrected chi connectivity index (χ0v) is 8.59. The van der Waals surface area contributed by atoms with Crippen molar-refractivity contribution in [3.05, 3.63) is 42.4 Å². The number of rotatable bonds is 2. The molecule has 2 aromatic heterocycles. The van der Waals surface area contributed by atoms with Crippen molar-refractivity contribution in [2.24, 2.45) is 0 Å². The molecule has 0 saturated heterocycles. The summed E-state index contributed by atoms with van der Waals surface area (Å²) in [5.74, 6) is -1.80. The molecule has 0 aliphatic heterocycles. The molecular weight excluding hydrogens is 225 g/mol. The number of hydrogen-bond donors (Lipinski definition) is 2. The second-order valence-electron chi connectivity index (χ2n) is 3.14. The van der Waals surface area contributed by atoms with E-state index in [1.807, 2.05) is 0 Å². The first-order valence-corrected chi connectivity index (χ1v) is 4.65. The SMILES string of the molecule is Nc1nccc(C(=O)Nc2cncnc2)c1F. The smallest absolute Gasteiger partial charge is 0.258 e. The number of hydrogen-bond acceptors (Lipinski definition) is 5. The third-order valence-electron chi connectivity index (χ3n) is 1.98. The van der Waals surface area contributed by atoms with E-state index in [4.69, 9.17) is 5.73 Å². The van der Waals surface area contributed by atoms with Crippen LogP contribution in [-0.2, 0) is 0 Å². The van der Waals surface area contributed by atoms with Gasteiger partial charge in [0.25, 0.3) is 5.91 Å². The van der Waals surface area contributed by atoms with Gasteiger partial charge < -0.3 is 11.1 Å². The highest BCUT2D eigenvalue weighted by Gasteiger charge is 2.14. The number of carbonyl (C=O) groups is 1. The average molecular weight is 233 g/mol. The lowest BCUT2D eigenvalue weighted by molar-refractivity contribution is 0.102. The predicted octanol–water partition coefficient (Wildman–Crippen LogP) is 0.845. The zero-order chi connectivity index (χ0) is 12.3. The van der Waals surface area contributed by atoms with Crippen molar-refractivity contribution in [3.8, 4) is 0 Å². The van der Waals surface area contributed by atoms with Gasteiger partial charge in [-0.05, 0) is 6.07 Å². The lowest BCUT2D eigenvalue weighted by atomic mass is 10.2. The predicted molar refractivity (Wildman–Crippen MR) is 58.6 cm³/mol. The van der Waals surface area contributed by atoms with Gasteiger partial charge in [0.05, 0.1) is 23.6 Å². The van der Waals surface area contributed by atoms with Crippen LogP contribution in [0.1, 0.15) is 10.4 Å². The Morgan fingerprint density at radius 1 is 1.35 bits per heavy atom. The molecule has 0 fully saturated rings. The van der Waals surface area contributed by atoms with Gasteiger partial charge in [-0.3, -0.25) is 4.79 Å². The number of nitrogens with one attached hydrogen (secondary N) is 1. The van der Waals surface area contributed by atoms with Crippen LogP contribution in [-0.4, -0.2) is 20.9 Å². The second-order valence-corrected chi connectivity index (χ2v) is 3.14. The van der Waals surface area contributed by atoms with Crippen molar-refractivity contribution >= 4 is 17.4 Å². The summed E-state index contributed by atoms with van der Waals surface area (Å²) in [4.78, 5) is 22.7. The molecule has 0 aromatic carbocycles. The van der Waals surface area contributed by atoms with Gasteiger partial charge in [-0.15, -0.1) is 0 Å². The lowest BCUT2D eigenvalue weighted by Crippen LogP contribution is -2.15. The largest absolute Gasteiger partial charge is 0.381 e. The molecule has 7 heteroatoms. The average Bonchev–Trinajstić information content (AvgIpc) is 2.34. The molecule has 0 atom stereocenters. The number of aromatic nitrogens is 3. The summed E-state index contributed by atoms with van der Waals surface area (Å²) in [6.45, 7) is 0. The van der Waals surface area contributed by atoms with Gasteiger partial charge in [0.15, 0.2) is 11.6 Å². The zero-order valence-electron chi connectivity index (χ0n) is 8.59. The maximum atomic E-state index is 13.5. The summed E-state index contributed by atoms with van der Waals surface area (Å²) < 4.78 is 13.5. The molecule has 1 amide bonds. The van der Waals surface area contributed by atoms with Crippen molar-refractivity contribution in [3.63, 3.8) is 0 Å². The Kier molecular flexibility index (Phi) is 2.91. The minimum Gasteiger partial charge on any atom is -0.381 e. The van der Waals surface area contributed by atoms with E-state index in [1.165, 1.54) is 31.0 Å².